The van der Waals surface area contributed by atoms with E-state index in [1.54, 1.807) is 19.9 Å². The summed E-state index contributed by atoms with van der Waals surface area (Å²) in [6, 6.07) is 8.80. The van der Waals surface area contributed by atoms with Gasteiger partial charge in [-0.3, -0.25) is 4.79 Å². The van der Waals surface area contributed by atoms with Crippen LogP contribution in [0.25, 0.3) is 0 Å². The number of aryl methyl sites for hydroxylation is 2. The molecule has 1 heterocycles. The first kappa shape index (κ1) is 18.1. The summed E-state index contributed by atoms with van der Waals surface area (Å²) in [6.45, 7) is 3.39. The summed E-state index contributed by atoms with van der Waals surface area (Å²) in [4.78, 5) is 21.0. The Hall–Kier alpha value is -2.75. The molecule has 0 N–H and O–H groups in total. The molecule has 1 fully saturated rings. The summed E-state index contributed by atoms with van der Waals surface area (Å²) in [5.41, 5.74) is 0.334. The van der Waals surface area contributed by atoms with Gasteiger partial charge in [0.05, 0.1) is 17.3 Å². The molecule has 1 aromatic carbocycles. The number of rotatable bonds is 4. The second kappa shape index (κ2) is 6.52. The van der Waals surface area contributed by atoms with Gasteiger partial charge in [0.2, 0.25) is 0 Å². The van der Waals surface area contributed by atoms with Gasteiger partial charge in [-0.1, -0.05) is 18.2 Å². The van der Waals surface area contributed by atoms with Gasteiger partial charge in [-0.2, -0.15) is 18.4 Å². The predicted molar refractivity (Wildman–Crippen MR) is 87.2 cm³/mol. The van der Waals surface area contributed by atoms with Gasteiger partial charge >= 0.3 is 6.18 Å². The number of nitrogens with zero attached hydrogens (tertiary/aromatic N) is 3. The molecule has 1 aliphatic rings. The molecule has 0 saturated heterocycles. The summed E-state index contributed by atoms with van der Waals surface area (Å²) in [6.07, 6.45) is -4.16. The largest absolute Gasteiger partial charge is 0.416 e. The SMILES string of the molecule is Cc1cc([C@H](C#N)C(=O)[C@@H]2C[C@H]2c2ccccc2C(F)(F)F)nc(C)n1. The zero-order valence-electron chi connectivity index (χ0n) is 14.2. The average molecular weight is 359 g/mol. The van der Waals surface area contributed by atoms with E-state index in [2.05, 4.69) is 9.97 Å². The fourth-order valence-corrected chi connectivity index (χ4v) is 3.31. The number of alkyl halides is 3. The second-order valence-corrected chi connectivity index (χ2v) is 6.48. The van der Waals surface area contributed by atoms with Gasteiger partial charge in [0, 0.05) is 11.6 Å². The molecule has 26 heavy (non-hydrogen) atoms. The van der Waals surface area contributed by atoms with E-state index in [0.717, 1.165) is 6.07 Å². The highest BCUT2D eigenvalue weighted by Gasteiger charge is 2.49. The molecular formula is C19H16F3N3O. The first-order valence-electron chi connectivity index (χ1n) is 8.14. The van der Waals surface area contributed by atoms with Crippen molar-refractivity contribution in [2.45, 2.75) is 38.3 Å². The van der Waals surface area contributed by atoms with Crippen LogP contribution in [0, 0.1) is 31.1 Å². The molecule has 0 spiro atoms. The minimum Gasteiger partial charge on any atom is -0.297 e. The first-order chi connectivity index (χ1) is 12.2. The molecule has 3 atom stereocenters. The molecule has 1 aliphatic carbocycles. The van der Waals surface area contributed by atoms with Crippen molar-refractivity contribution in [1.82, 2.24) is 9.97 Å². The van der Waals surface area contributed by atoms with Crippen molar-refractivity contribution < 1.29 is 18.0 Å². The normalized spacial score (nSPS) is 20.3. The Balaban J connectivity index is 1.86. The summed E-state index contributed by atoms with van der Waals surface area (Å²) >= 11 is 0. The molecule has 0 radical (unpaired) electrons. The third-order valence-electron chi connectivity index (χ3n) is 4.52. The number of aromatic nitrogens is 2. The topological polar surface area (TPSA) is 66.6 Å². The predicted octanol–water partition coefficient (Wildman–Crippen LogP) is 4.09. The van der Waals surface area contributed by atoms with Gasteiger partial charge in [-0.25, -0.2) is 9.97 Å². The maximum atomic E-state index is 13.2. The van der Waals surface area contributed by atoms with E-state index in [9.17, 15) is 23.2 Å². The van der Waals surface area contributed by atoms with E-state index in [1.165, 1.54) is 18.2 Å². The Bertz CT molecular complexity index is 881. The van der Waals surface area contributed by atoms with Crippen LogP contribution in [0.15, 0.2) is 30.3 Å². The fraction of sp³-hybridized carbons (Fsp3) is 0.368. The number of benzene rings is 1. The number of nitriles is 1. The van der Waals surface area contributed by atoms with Crippen LogP contribution in [-0.4, -0.2) is 15.8 Å². The van der Waals surface area contributed by atoms with Gasteiger partial charge in [0.25, 0.3) is 0 Å². The Morgan fingerprint density at radius 1 is 1.27 bits per heavy atom. The molecule has 4 nitrogen and oxygen atoms in total. The Morgan fingerprint density at radius 2 is 1.96 bits per heavy atom. The Labute approximate surface area is 148 Å². The van der Waals surface area contributed by atoms with Crippen LogP contribution in [0.1, 0.15) is 46.6 Å². The van der Waals surface area contributed by atoms with Crippen LogP contribution in [0.2, 0.25) is 0 Å². The molecule has 0 aliphatic heterocycles. The van der Waals surface area contributed by atoms with Gasteiger partial charge < -0.3 is 0 Å². The van der Waals surface area contributed by atoms with Gasteiger partial charge in [-0.15, -0.1) is 0 Å². The van der Waals surface area contributed by atoms with Crippen molar-refractivity contribution >= 4 is 5.78 Å². The molecule has 0 bridgehead atoms. The number of carbonyl (C=O) groups excluding carboxylic acids is 1. The Morgan fingerprint density at radius 3 is 2.58 bits per heavy atom. The number of hydrogen-bond acceptors (Lipinski definition) is 4. The van der Waals surface area contributed by atoms with E-state index >= 15 is 0 Å². The Kier molecular flexibility index (Phi) is 4.53. The van der Waals surface area contributed by atoms with Crippen molar-refractivity contribution in [3.05, 3.63) is 58.7 Å². The zero-order valence-corrected chi connectivity index (χ0v) is 14.2. The highest BCUT2D eigenvalue weighted by Crippen LogP contribution is 2.52. The standard InChI is InChI=1S/C19H16F3N3O/c1-10-7-17(25-11(2)24-10)15(9-23)18(26)14-8-13(14)12-5-3-4-6-16(12)19(20,21)22/h3-7,13-15H,8H2,1-2H3/t13-,14+,15-/m0/s1. The lowest BCUT2D eigenvalue weighted by Crippen LogP contribution is -2.17. The van der Waals surface area contributed by atoms with Crippen LogP contribution >= 0.6 is 0 Å². The number of carbonyl (C=O) groups is 1. The van der Waals surface area contributed by atoms with Crippen molar-refractivity contribution in [1.29, 1.82) is 5.26 Å². The average Bonchev–Trinajstić information content (AvgIpc) is 3.34. The summed E-state index contributed by atoms with van der Waals surface area (Å²) in [5, 5.41) is 9.44. The van der Waals surface area contributed by atoms with Crippen molar-refractivity contribution in [3.8, 4) is 6.07 Å². The van der Waals surface area contributed by atoms with Gasteiger partial charge in [-0.05, 0) is 43.9 Å². The molecule has 0 unspecified atom stereocenters. The van der Waals surface area contributed by atoms with Crippen molar-refractivity contribution in [3.63, 3.8) is 0 Å². The number of halogens is 3. The molecule has 7 heteroatoms. The smallest absolute Gasteiger partial charge is 0.297 e. The second-order valence-electron chi connectivity index (χ2n) is 6.48. The maximum Gasteiger partial charge on any atom is 0.416 e. The van der Waals surface area contributed by atoms with Crippen LogP contribution in [-0.2, 0) is 11.0 Å². The number of Topliss-reactive ketones (excluding diaryl/α,β-unsaturated/α-hetero) is 1. The molecule has 1 aromatic heterocycles. The van der Waals surface area contributed by atoms with Crippen LogP contribution in [0.5, 0.6) is 0 Å². The molecule has 1 saturated carbocycles. The molecule has 3 rings (SSSR count). The van der Waals surface area contributed by atoms with Crippen LogP contribution in [0.3, 0.4) is 0 Å². The maximum absolute atomic E-state index is 13.2. The van der Waals surface area contributed by atoms with E-state index in [4.69, 9.17) is 0 Å². The van der Waals surface area contributed by atoms with Gasteiger partial charge in [0.1, 0.15) is 11.7 Å². The highest BCUT2D eigenvalue weighted by molar-refractivity contribution is 5.93. The summed E-state index contributed by atoms with van der Waals surface area (Å²) in [5.74, 6) is -2.14. The lowest BCUT2D eigenvalue weighted by Gasteiger charge is -2.13. The van der Waals surface area contributed by atoms with Crippen molar-refractivity contribution in [2.24, 2.45) is 5.92 Å². The third kappa shape index (κ3) is 3.45. The minimum atomic E-state index is -4.47. The monoisotopic (exact) mass is 359 g/mol. The highest BCUT2D eigenvalue weighted by atomic mass is 19.4. The summed E-state index contributed by atoms with van der Waals surface area (Å²) in [7, 11) is 0. The van der Waals surface area contributed by atoms with E-state index in [0.29, 0.717) is 23.6 Å². The molecule has 0 amide bonds. The minimum absolute atomic E-state index is 0.116. The first-order valence-corrected chi connectivity index (χ1v) is 8.14. The van der Waals surface area contributed by atoms with E-state index in [-0.39, 0.29) is 11.3 Å². The zero-order chi connectivity index (χ0) is 19.1. The lowest BCUT2D eigenvalue weighted by atomic mass is 9.94. The quantitative estimate of drug-likeness (QED) is 0.825. The van der Waals surface area contributed by atoms with Crippen LogP contribution in [0.4, 0.5) is 13.2 Å². The fourth-order valence-electron chi connectivity index (χ4n) is 3.31. The molecule has 2 aromatic rings. The third-order valence-corrected chi connectivity index (χ3v) is 4.52. The summed E-state index contributed by atoms with van der Waals surface area (Å²) < 4.78 is 39.6. The van der Waals surface area contributed by atoms with E-state index in [1.807, 2.05) is 6.07 Å². The van der Waals surface area contributed by atoms with E-state index < -0.39 is 29.5 Å². The van der Waals surface area contributed by atoms with Gasteiger partial charge in [0.15, 0.2) is 5.78 Å². The van der Waals surface area contributed by atoms with Crippen molar-refractivity contribution in [2.75, 3.05) is 0 Å². The molecule has 134 valence electrons. The lowest BCUT2D eigenvalue weighted by molar-refractivity contribution is -0.138. The number of ketones is 1. The van der Waals surface area contributed by atoms with Crippen LogP contribution < -0.4 is 0 Å². The molecular weight excluding hydrogens is 343 g/mol. The number of hydrogen-bond donors (Lipinski definition) is 0.